The Morgan fingerprint density at radius 2 is 2.03 bits per heavy atom. The van der Waals surface area contributed by atoms with Crippen LogP contribution in [-0.4, -0.2) is 56.1 Å². The van der Waals surface area contributed by atoms with Crippen molar-refractivity contribution in [2.24, 2.45) is 11.8 Å². The summed E-state index contributed by atoms with van der Waals surface area (Å²) in [5.41, 5.74) is 3.02. The number of carbonyl (C=O) groups is 1. The molecule has 0 unspecified atom stereocenters. The summed E-state index contributed by atoms with van der Waals surface area (Å²) in [6.45, 7) is 2.65. The maximum Gasteiger partial charge on any atom is 0.258 e. The number of nitrogens with zero attached hydrogens (tertiary/aromatic N) is 4. The van der Waals surface area contributed by atoms with Crippen molar-refractivity contribution in [3.05, 3.63) is 56.4 Å². The van der Waals surface area contributed by atoms with Gasteiger partial charge in [-0.3, -0.25) is 14.5 Å². The number of piperidine rings is 1. The molecule has 180 valence electrons. The summed E-state index contributed by atoms with van der Waals surface area (Å²) >= 11 is 1.59. The van der Waals surface area contributed by atoms with Crippen LogP contribution in [0.2, 0.25) is 0 Å². The third-order valence-corrected chi connectivity index (χ3v) is 9.06. The van der Waals surface area contributed by atoms with Gasteiger partial charge in [-0.15, -0.1) is 11.3 Å². The first-order chi connectivity index (χ1) is 16.7. The topological polar surface area (TPSA) is 78.7 Å². The number of hydrogen-bond donors (Lipinski definition) is 1. The Labute approximate surface area is 203 Å². The summed E-state index contributed by atoms with van der Waals surface area (Å²) in [5.74, 6) is -0.0385. The highest BCUT2D eigenvalue weighted by atomic mass is 32.1. The molecular weight excluding hydrogens is 448 g/mol. The number of aromatic nitrogens is 2. The van der Waals surface area contributed by atoms with E-state index in [9.17, 15) is 14.7 Å². The molecule has 0 bridgehead atoms. The number of aliphatic hydroxyl groups is 1. The molecule has 8 heteroatoms. The molecule has 0 radical (unpaired) electrons. The van der Waals surface area contributed by atoms with Gasteiger partial charge in [-0.05, 0) is 56.2 Å². The highest BCUT2D eigenvalue weighted by molar-refractivity contribution is 7.09. The number of thiazole rings is 1. The highest BCUT2D eigenvalue weighted by Gasteiger charge is 2.56. The minimum absolute atomic E-state index is 0.0317. The molecule has 1 amide bonds. The van der Waals surface area contributed by atoms with Crippen molar-refractivity contribution in [2.45, 2.75) is 63.7 Å². The Hall–Kier alpha value is -2.29. The lowest BCUT2D eigenvalue weighted by Gasteiger charge is -2.35. The average Bonchev–Trinajstić information content (AvgIpc) is 3.65. The van der Waals surface area contributed by atoms with Crippen LogP contribution in [0.25, 0.3) is 5.57 Å². The summed E-state index contributed by atoms with van der Waals surface area (Å²) in [4.78, 5) is 36.1. The standard InChI is InChI=1S/C26H32N4O3S/c31-16-20-19-14-29-21(9-8-18(25(29)32)17-6-2-3-7-17)23(19)30(15-22-27-10-13-34-22)24(20)26(33)28-11-4-1-5-12-28/h6,8-10,13,19-20,23-24,31H,1-5,7,11-12,14-16H2/t19-,20-,23+,24-/m1/s1. The number of fused-ring (bicyclic) bond motifs is 3. The fourth-order valence-corrected chi connectivity index (χ4v) is 7.34. The van der Waals surface area contributed by atoms with E-state index in [4.69, 9.17) is 0 Å². The largest absolute Gasteiger partial charge is 0.396 e. The summed E-state index contributed by atoms with van der Waals surface area (Å²) in [6.07, 6.45) is 10.3. The average molecular weight is 481 g/mol. The van der Waals surface area contributed by atoms with Crippen LogP contribution in [0.15, 0.2) is 34.6 Å². The van der Waals surface area contributed by atoms with Gasteiger partial charge in [0.05, 0.1) is 18.6 Å². The number of allylic oxidation sites excluding steroid dienone is 2. The van der Waals surface area contributed by atoms with Crippen molar-refractivity contribution in [1.29, 1.82) is 0 Å². The molecule has 2 aromatic rings. The Kier molecular flexibility index (Phi) is 5.91. The van der Waals surface area contributed by atoms with Crippen molar-refractivity contribution in [2.75, 3.05) is 19.7 Å². The molecule has 4 atom stereocenters. The summed E-state index contributed by atoms with van der Waals surface area (Å²) in [5, 5.41) is 13.5. The lowest BCUT2D eigenvalue weighted by atomic mass is 9.88. The fourth-order valence-electron chi connectivity index (χ4n) is 6.71. The van der Waals surface area contributed by atoms with E-state index in [1.54, 1.807) is 17.5 Å². The lowest BCUT2D eigenvalue weighted by Crippen LogP contribution is -2.51. The van der Waals surface area contributed by atoms with E-state index in [0.717, 1.165) is 67.0 Å². The zero-order valence-electron chi connectivity index (χ0n) is 19.4. The van der Waals surface area contributed by atoms with Crippen LogP contribution < -0.4 is 5.56 Å². The maximum absolute atomic E-state index is 13.8. The molecule has 6 rings (SSSR count). The van der Waals surface area contributed by atoms with Crippen LogP contribution in [0, 0.1) is 11.8 Å². The van der Waals surface area contributed by atoms with E-state index in [1.165, 1.54) is 6.42 Å². The van der Waals surface area contributed by atoms with E-state index in [2.05, 4.69) is 22.0 Å². The van der Waals surface area contributed by atoms with Gasteiger partial charge >= 0.3 is 0 Å². The first-order valence-electron chi connectivity index (χ1n) is 12.6. The molecule has 2 aromatic heterocycles. The monoisotopic (exact) mass is 480 g/mol. The van der Waals surface area contributed by atoms with Crippen molar-refractivity contribution in [3.8, 4) is 0 Å². The number of carbonyl (C=O) groups excluding carboxylic acids is 1. The van der Waals surface area contributed by atoms with Gasteiger partial charge < -0.3 is 14.6 Å². The molecule has 4 aliphatic rings. The second kappa shape index (κ2) is 9.06. The van der Waals surface area contributed by atoms with Gasteiger partial charge in [0.25, 0.3) is 5.56 Å². The van der Waals surface area contributed by atoms with E-state index in [0.29, 0.717) is 13.1 Å². The fraction of sp³-hybridized carbons (Fsp3) is 0.577. The molecule has 7 nitrogen and oxygen atoms in total. The Balaban J connectivity index is 1.40. The molecule has 34 heavy (non-hydrogen) atoms. The third-order valence-electron chi connectivity index (χ3n) is 8.30. The van der Waals surface area contributed by atoms with Crippen molar-refractivity contribution in [1.82, 2.24) is 19.4 Å². The number of aliphatic hydroxyl groups excluding tert-OH is 1. The maximum atomic E-state index is 13.8. The molecule has 5 heterocycles. The second-order valence-corrected chi connectivity index (χ2v) is 11.1. The Morgan fingerprint density at radius 1 is 1.18 bits per heavy atom. The van der Waals surface area contributed by atoms with Gasteiger partial charge in [0.1, 0.15) is 5.01 Å². The molecular formula is C26H32N4O3S. The highest BCUT2D eigenvalue weighted by Crippen LogP contribution is 2.50. The quantitative estimate of drug-likeness (QED) is 0.712. The van der Waals surface area contributed by atoms with Gasteiger partial charge in [-0.25, -0.2) is 4.98 Å². The van der Waals surface area contributed by atoms with Gasteiger partial charge in [0, 0.05) is 60.9 Å². The van der Waals surface area contributed by atoms with Gasteiger partial charge in [-0.2, -0.15) is 0 Å². The van der Waals surface area contributed by atoms with Crippen LogP contribution in [0.4, 0.5) is 0 Å². The van der Waals surface area contributed by atoms with E-state index in [-0.39, 0.29) is 42.0 Å². The van der Waals surface area contributed by atoms with E-state index < -0.39 is 0 Å². The van der Waals surface area contributed by atoms with E-state index >= 15 is 0 Å². The van der Waals surface area contributed by atoms with E-state index in [1.807, 2.05) is 20.9 Å². The number of pyridine rings is 1. The summed E-state index contributed by atoms with van der Waals surface area (Å²) in [6, 6.07) is 3.63. The molecule has 3 aliphatic heterocycles. The molecule has 1 N–H and O–H groups in total. The molecule has 0 spiro atoms. The molecule has 0 aromatic carbocycles. The summed E-state index contributed by atoms with van der Waals surface area (Å²) < 4.78 is 1.92. The number of amides is 1. The normalized spacial score (nSPS) is 28.7. The SMILES string of the molecule is O=C([C@H]1[C@H](CO)[C@H]2Cn3c(ccc(C4=CCCC4)c3=O)[C@H]2N1Cc1nccs1)N1CCCCC1. The van der Waals surface area contributed by atoms with Crippen LogP contribution >= 0.6 is 11.3 Å². The third kappa shape index (κ3) is 3.58. The van der Waals surface area contributed by atoms with Crippen LogP contribution in [-0.2, 0) is 17.9 Å². The smallest absolute Gasteiger partial charge is 0.258 e. The van der Waals surface area contributed by atoms with Crippen molar-refractivity contribution < 1.29 is 9.90 Å². The predicted molar refractivity (Wildman–Crippen MR) is 131 cm³/mol. The predicted octanol–water partition coefficient (Wildman–Crippen LogP) is 3.05. The van der Waals surface area contributed by atoms with Gasteiger partial charge in [-0.1, -0.05) is 6.08 Å². The molecule has 2 fully saturated rings. The van der Waals surface area contributed by atoms with Crippen molar-refractivity contribution >= 4 is 22.8 Å². The number of rotatable bonds is 5. The zero-order valence-corrected chi connectivity index (χ0v) is 20.3. The Bertz CT molecular complexity index is 1150. The first kappa shape index (κ1) is 22.2. The number of hydrogen-bond acceptors (Lipinski definition) is 6. The van der Waals surface area contributed by atoms with Crippen LogP contribution in [0.3, 0.4) is 0 Å². The molecule has 2 saturated heterocycles. The molecule has 1 aliphatic carbocycles. The van der Waals surface area contributed by atoms with Crippen LogP contribution in [0.5, 0.6) is 0 Å². The first-order valence-corrected chi connectivity index (χ1v) is 13.5. The van der Waals surface area contributed by atoms with Crippen LogP contribution in [0.1, 0.15) is 60.8 Å². The minimum Gasteiger partial charge on any atom is -0.396 e. The van der Waals surface area contributed by atoms with Gasteiger partial charge in [0.15, 0.2) is 0 Å². The van der Waals surface area contributed by atoms with Crippen molar-refractivity contribution in [3.63, 3.8) is 0 Å². The minimum atomic E-state index is -0.386. The zero-order chi connectivity index (χ0) is 23.2. The van der Waals surface area contributed by atoms with Gasteiger partial charge in [0.2, 0.25) is 5.91 Å². The Morgan fingerprint density at radius 3 is 2.74 bits per heavy atom. The summed E-state index contributed by atoms with van der Waals surface area (Å²) in [7, 11) is 0. The number of likely N-dealkylation sites (tertiary alicyclic amines) is 2. The second-order valence-electron chi connectivity index (χ2n) is 10.1. The molecule has 0 saturated carbocycles. The lowest BCUT2D eigenvalue weighted by molar-refractivity contribution is -0.139.